The molecule has 1 aliphatic rings. The van der Waals surface area contributed by atoms with Gasteiger partial charge in [0, 0.05) is 5.69 Å². The van der Waals surface area contributed by atoms with E-state index in [0.29, 0.717) is 5.69 Å². The minimum atomic E-state index is -0.508. The van der Waals surface area contributed by atoms with Crippen LogP contribution in [0.15, 0.2) is 42.5 Å². The van der Waals surface area contributed by atoms with Crippen LogP contribution in [0.1, 0.15) is 23.1 Å². The van der Waals surface area contributed by atoms with E-state index in [-0.39, 0.29) is 18.2 Å². The van der Waals surface area contributed by atoms with Crippen molar-refractivity contribution in [2.24, 2.45) is 0 Å². The van der Waals surface area contributed by atoms with E-state index in [2.05, 4.69) is 5.32 Å². The summed E-state index contributed by atoms with van der Waals surface area (Å²) in [5.74, 6) is -0.353. The predicted molar refractivity (Wildman–Crippen MR) is 91.6 cm³/mol. The first kappa shape index (κ1) is 15.3. The van der Waals surface area contributed by atoms with Gasteiger partial charge in [-0.25, -0.2) is 4.90 Å². The lowest BCUT2D eigenvalue weighted by molar-refractivity contribution is -0.121. The Hall–Kier alpha value is -2.62. The van der Waals surface area contributed by atoms with Gasteiger partial charge in [0.2, 0.25) is 5.91 Å². The number of imide groups is 1. The second kappa shape index (κ2) is 5.88. The maximum atomic E-state index is 12.7. The van der Waals surface area contributed by atoms with Gasteiger partial charge in [-0.1, -0.05) is 35.4 Å². The van der Waals surface area contributed by atoms with Gasteiger partial charge in [-0.05, 0) is 44.5 Å². The zero-order valence-corrected chi connectivity index (χ0v) is 13.6. The fourth-order valence-corrected chi connectivity index (χ4v) is 2.91. The molecule has 118 valence electrons. The Morgan fingerprint density at radius 2 is 1.61 bits per heavy atom. The van der Waals surface area contributed by atoms with Gasteiger partial charge in [-0.2, -0.15) is 0 Å². The average Bonchev–Trinajstić information content (AvgIpc) is 2.77. The highest BCUT2D eigenvalue weighted by molar-refractivity contribution is 6.23. The van der Waals surface area contributed by atoms with Crippen LogP contribution in [0.5, 0.6) is 0 Å². The number of hydrogen-bond acceptors (Lipinski definition) is 3. The van der Waals surface area contributed by atoms with Crippen LogP contribution < -0.4 is 10.2 Å². The van der Waals surface area contributed by atoms with E-state index in [1.165, 1.54) is 4.90 Å². The molecule has 2 amide bonds. The van der Waals surface area contributed by atoms with E-state index in [9.17, 15) is 9.59 Å². The molecule has 0 aromatic heterocycles. The molecule has 1 atom stereocenters. The van der Waals surface area contributed by atoms with Crippen LogP contribution in [0.4, 0.5) is 11.4 Å². The first-order valence-electron chi connectivity index (χ1n) is 7.73. The molecule has 23 heavy (non-hydrogen) atoms. The summed E-state index contributed by atoms with van der Waals surface area (Å²) in [4.78, 5) is 26.3. The van der Waals surface area contributed by atoms with E-state index in [1.807, 2.05) is 63.2 Å². The SMILES string of the molecule is Cc1ccc(N[C@H]2CC(=O)N(c3ccc(C)cc3C)C2=O)cc1. The summed E-state index contributed by atoms with van der Waals surface area (Å²) < 4.78 is 0. The highest BCUT2D eigenvalue weighted by Gasteiger charge is 2.40. The van der Waals surface area contributed by atoms with E-state index in [1.54, 1.807) is 0 Å². The van der Waals surface area contributed by atoms with Gasteiger partial charge >= 0.3 is 0 Å². The van der Waals surface area contributed by atoms with Crippen molar-refractivity contribution < 1.29 is 9.59 Å². The minimum absolute atomic E-state index is 0.161. The molecule has 1 saturated heterocycles. The van der Waals surface area contributed by atoms with E-state index in [4.69, 9.17) is 0 Å². The monoisotopic (exact) mass is 308 g/mol. The Labute approximate surface area is 136 Å². The predicted octanol–water partition coefficient (Wildman–Crippen LogP) is 3.36. The third-order valence-electron chi connectivity index (χ3n) is 4.13. The molecule has 4 heteroatoms. The zero-order valence-electron chi connectivity index (χ0n) is 13.6. The summed E-state index contributed by atoms with van der Waals surface area (Å²) in [5, 5.41) is 3.17. The van der Waals surface area contributed by atoms with Gasteiger partial charge in [-0.15, -0.1) is 0 Å². The van der Waals surface area contributed by atoms with Gasteiger partial charge in [0.15, 0.2) is 0 Å². The van der Waals surface area contributed by atoms with Gasteiger partial charge in [0.05, 0.1) is 12.1 Å². The van der Waals surface area contributed by atoms with Gasteiger partial charge < -0.3 is 5.32 Å². The van der Waals surface area contributed by atoms with Crippen LogP contribution in [0.2, 0.25) is 0 Å². The van der Waals surface area contributed by atoms with Crippen LogP contribution in [0.3, 0.4) is 0 Å². The number of benzene rings is 2. The van der Waals surface area contributed by atoms with Gasteiger partial charge in [0.25, 0.3) is 5.91 Å². The lowest BCUT2D eigenvalue weighted by atomic mass is 10.1. The largest absolute Gasteiger partial charge is 0.373 e. The Balaban J connectivity index is 1.83. The van der Waals surface area contributed by atoms with E-state index in [0.717, 1.165) is 22.4 Å². The highest BCUT2D eigenvalue weighted by atomic mass is 16.2. The number of hydrogen-bond donors (Lipinski definition) is 1. The van der Waals surface area contributed by atoms with Gasteiger partial charge in [0.1, 0.15) is 6.04 Å². The third-order valence-corrected chi connectivity index (χ3v) is 4.13. The zero-order chi connectivity index (χ0) is 16.6. The number of aryl methyl sites for hydroxylation is 3. The van der Waals surface area contributed by atoms with Crippen molar-refractivity contribution in [1.82, 2.24) is 0 Å². The quantitative estimate of drug-likeness (QED) is 0.885. The van der Waals surface area contributed by atoms with Crippen LogP contribution in [0, 0.1) is 20.8 Å². The first-order valence-corrected chi connectivity index (χ1v) is 7.73. The summed E-state index contributed by atoms with van der Waals surface area (Å²) in [6.07, 6.45) is 0.181. The van der Waals surface area contributed by atoms with Crippen LogP contribution in [0.25, 0.3) is 0 Å². The molecular formula is C19H20N2O2. The van der Waals surface area contributed by atoms with E-state index >= 15 is 0 Å². The number of nitrogens with one attached hydrogen (secondary N) is 1. The van der Waals surface area contributed by atoms with Crippen molar-refractivity contribution in [2.45, 2.75) is 33.2 Å². The molecule has 0 bridgehead atoms. The smallest absolute Gasteiger partial charge is 0.256 e. The van der Waals surface area contributed by atoms with Crippen molar-refractivity contribution in [3.8, 4) is 0 Å². The molecule has 3 rings (SSSR count). The molecule has 0 radical (unpaired) electrons. The summed E-state index contributed by atoms with van der Waals surface area (Å²) >= 11 is 0. The fraction of sp³-hybridized carbons (Fsp3) is 0.263. The Bertz CT molecular complexity index is 765. The topological polar surface area (TPSA) is 49.4 Å². The highest BCUT2D eigenvalue weighted by Crippen LogP contribution is 2.28. The van der Waals surface area contributed by atoms with Crippen molar-refractivity contribution in [2.75, 3.05) is 10.2 Å². The number of carbonyl (C=O) groups excluding carboxylic acids is 2. The number of rotatable bonds is 3. The molecule has 4 nitrogen and oxygen atoms in total. The Morgan fingerprint density at radius 3 is 2.26 bits per heavy atom. The summed E-state index contributed by atoms with van der Waals surface area (Å²) in [6, 6.07) is 13.0. The second-order valence-corrected chi connectivity index (χ2v) is 6.12. The molecular weight excluding hydrogens is 288 g/mol. The lowest BCUT2D eigenvalue weighted by Gasteiger charge is -2.18. The molecule has 0 saturated carbocycles. The Kier molecular flexibility index (Phi) is 3.90. The standard InChI is InChI=1S/C19H20N2O2/c1-12-4-7-15(8-5-12)20-16-11-18(22)21(19(16)23)17-9-6-13(2)10-14(17)3/h4-10,16,20H,11H2,1-3H3/t16-/m0/s1. The van der Waals surface area contributed by atoms with Crippen LogP contribution >= 0.6 is 0 Å². The summed E-state index contributed by atoms with van der Waals surface area (Å²) in [5.41, 5.74) is 4.73. The molecule has 1 heterocycles. The molecule has 1 aliphatic heterocycles. The van der Waals surface area contributed by atoms with Crippen molar-refractivity contribution in [1.29, 1.82) is 0 Å². The molecule has 0 spiro atoms. The first-order chi connectivity index (χ1) is 11.0. The number of carbonyl (C=O) groups is 2. The average molecular weight is 308 g/mol. The maximum absolute atomic E-state index is 12.7. The third kappa shape index (κ3) is 2.97. The van der Waals surface area contributed by atoms with Crippen LogP contribution in [-0.2, 0) is 9.59 Å². The lowest BCUT2D eigenvalue weighted by Crippen LogP contribution is -2.35. The summed E-state index contributed by atoms with van der Waals surface area (Å²) in [7, 11) is 0. The minimum Gasteiger partial charge on any atom is -0.373 e. The molecule has 0 aliphatic carbocycles. The second-order valence-electron chi connectivity index (χ2n) is 6.12. The molecule has 2 aromatic rings. The molecule has 0 unspecified atom stereocenters. The van der Waals surface area contributed by atoms with Crippen molar-refractivity contribution in [3.05, 3.63) is 59.2 Å². The number of anilines is 2. The fourth-order valence-electron chi connectivity index (χ4n) is 2.91. The number of nitrogens with zero attached hydrogens (tertiary/aromatic N) is 1. The van der Waals surface area contributed by atoms with Crippen molar-refractivity contribution >= 4 is 23.2 Å². The van der Waals surface area contributed by atoms with E-state index < -0.39 is 6.04 Å². The van der Waals surface area contributed by atoms with Crippen molar-refractivity contribution in [3.63, 3.8) is 0 Å². The maximum Gasteiger partial charge on any atom is 0.256 e. The van der Waals surface area contributed by atoms with Crippen LogP contribution in [-0.4, -0.2) is 17.9 Å². The normalized spacial score (nSPS) is 17.7. The number of amides is 2. The molecule has 2 aromatic carbocycles. The van der Waals surface area contributed by atoms with Gasteiger partial charge in [-0.3, -0.25) is 9.59 Å². The molecule has 1 N–H and O–H groups in total. The molecule has 1 fully saturated rings. The summed E-state index contributed by atoms with van der Waals surface area (Å²) in [6.45, 7) is 5.92. The Morgan fingerprint density at radius 1 is 0.957 bits per heavy atom.